The molecule has 0 spiro atoms. The van der Waals surface area contributed by atoms with Crippen LogP contribution in [-0.2, 0) is 12.7 Å². The highest BCUT2D eigenvalue weighted by atomic mass is 35.5. The second kappa shape index (κ2) is 13.7. The smallest absolute Gasteiger partial charge is 0.433 e. The molecule has 4 rings (SSSR count). The predicted octanol–water partition coefficient (Wildman–Crippen LogP) is 6.45. The molecule has 0 radical (unpaired) electrons. The number of nitrogens with one attached hydrogen (secondary N) is 1. The van der Waals surface area contributed by atoms with E-state index in [0.29, 0.717) is 34.4 Å². The minimum Gasteiger partial charge on any atom is -0.497 e. The van der Waals surface area contributed by atoms with Crippen LogP contribution in [0.2, 0.25) is 5.15 Å². The van der Waals surface area contributed by atoms with E-state index < -0.39 is 11.9 Å². The molecule has 1 amide bonds. The summed E-state index contributed by atoms with van der Waals surface area (Å²) in [5.74, 6) is 0.558. The first-order chi connectivity index (χ1) is 20.0. The summed E-state index contributed by atoms with van der Waals surface area (Å²) in [5.41, 5.74) is 2.35. The van der Waals surface area contributed by atoms with Gasteiger partial charge in [-0.05, 0) is 88.1 Å². The number of aryl methyl sites for hydroxylation is 2. The Hall–Kier alpha value is -3.37. The van der Waals surface area contributed by atoms with Gasteiger partial charge in [-0.1, -0.05) is 17.7 Å². The minimum atomic E-state index is -4.49. The van der Waals surface area contributed by atoms with E-state index in [9.17, 15) is 18.0 Å². The Labute approximate surface area is 250 Å². The highest BCUT2D eigenvalue weighted by Crippen LogP contribution is 2.30. The number of anilines is 1. The molecule has 1 fully saturated rings. The summed E-state index contributed by atoms with van der Waals surface area (Å²) in [6, 6.07) is 13.7. The molecule has 0 bridgehead atoms. The van der Waals surface area contributed by atoms with Crippen molar-refractivity contribution >= 4 is 23.2 Å². The predicted molar refractivity (Wildman–Crippen MR) is 158 cm³/mol. The molecule has 7 nitrogen and oxygen atoms in total. The van der Waals surface area contributed by atoms with Gasteiger partial charge < -0.3 is 19.9 Å². The van der Waals surface area contributed by atoms with Crippen LogP contribution in [0.1, 0.15) is 59.2 Å². The van der Waals surface area contributed by atoms with Crippen molar-refractivity contribution in [3.05, 3.63) is 81.9 Å². The van der Waals surface area contributed by atoms with Gasteiger partial charge in [-0.15, -0.1) is 0 Å². The molecule has 1 aromatic carbocycles. The molecule has 42 heavy (non-hydrogen) atoms. The van der Waals surface area contributed by atoms with Gasteiger partial charge in [0.2, 0.25) is 0 Å². The molecule has 1 saturated heterocycles. The number of methoxy groups -OCH3 is 1. The van der Waals surface area contributed by atoms with Crippen molar-refractivity contribution in [1.82, 2.24) is 20.2 Å². The fourth-order valence-corrected chi connectivity index (χ4v) is 5.83. The number of alkyl halides is 3. The standard InChI is InChI=1S/C31H37ClF3N5O2/c1-20-18-28(32)37-22(3)29(20)30(41)36-15-12-21(2)39-16-13-25(14-17-39)40(24-8-10-26(42-4)11-9-24)19-23-6-5-7-27(38-23)31(33,34)35/h5-11,18,21,25H,12-17,19H2,1-4H3,(H,36,41). The average Bonchev–Trinajstić information content (AvgIpc) is 2.95. The molecule has 1 aliphatic rings. The fourth-order valence-electron chi connectivity index (χ4n) is 5.54. The van der Waals surface area contributed by atoms with Gasteiger partial charge in [0, 0.05) is 37.4 Å². The second-order valence-electron chi connectivity index (χ2n) is 10.7. The van der Waals surface area contributed by atoms with E-state index >= 15 is 0 Å². The number of halogens is 4. The Morgan fingerprint density at radius 1 is 1.14 bits per heavy atom. The van der Waals surface area contributed by atoms with Gasteiger partial charge in [-0.2, -0.15) is 13.2 Å². The summed E-state index contributed by atoms with van der Waals surface area (Å²) in [6.07, 6.45) is -2.02. The maximum atomic E-state index is 13.3. The highest BCUT2D eigenvalue weighted by molar-refractivity contribution is 6.29. The van der Waals surface area contributed by atoms with Gasteiger partial charge in [-0.25, -0.2) is 9.97 Å². The molecular formula is C31H37ClF3N5O2. The molecule has 1 atom stereocenters. The molecule has 1 N–H and O–H groups in total. The number of likely N-dealkylation sites (tertiary alicyclic amines) is 1. The van der Waals surface area contributed by atoms with Crippen LogP contribution in [0, 0.1) is 13.8 Å². The van der Waals surface area contributed by atoms with Gasteiger partial charge in [-0.3, -0.25) is 4.79 Å². The highest BCUT2D eigenvalue weighted by Gasteiger charge is 2.33. The maximum Gasteiger partial charge on any atom is 0.433 e. The molecule has 226 valence electrons. The zero-order valence-electron chi connectivity index (χ0n) is 24.3. The van der Waals surface area contributed by atoms with Crippen molar-refractivity contribution in [2.75, 3.05) is 31.6 Å². The summed E-state index contributed by atoms with van der Waals surface area (Å²) >= 11 is 6.00. The number of rotatable bonds is 10. The van der Waals surface area contributed by atoms with E-state index in [1.165, 1.54) is 6.07 Å². The van der Waals surface area contributed by atoms with Crippen molar-refractivity contribution in [1.29, 1.82) is 0 Å². The van der Waals surface area contributed by atoms with E-state index in [0.717, 1.165) is 49.7 Å². The van der Waals surface area contributed by atoms with Crippen LogP contribution in [0.3, 0.4) is 0 Å². The Balaban J connectivity index is 1.37. The van der Waals surface area contributed by atoms with E-state index in [1.54, 1.807) is 26.2 Å². The number of hydrogen-bond donors (Lipinski definition) is 1. The number of piperidine rings is 1. The first kappa shape index (κ1) is 31.6. The second-order valence-corrected chi connectivity index (χ2v) is 11.1. The van der Waals surface area contributed by atoms with Crippen molar-refractivity contribution in [2.45, 2.75) is 64.8 Å². The van der Waals surface area contributed by atoms with E-state index in [2.05, 4.69) is 32.0 Å². The molecular weight excluding hydrogens is 567 g/mol. The lowest BCUT2D eigenvalue weighted by Gasteiger charge is -2.41. The van der Waals surface area contributed by atoms with Gasteiger partial charge in [0.15, 0.2) is 0 Å². The van der Waals surface area contributed by atoms with Crippen molar-refractivity contribution in [2.24, 2.45) is 0 Å². The van der Waals surface area contributed by atoms with Crippen molar-refractivity contribution < 1.29 is 22.7 Å². The topological polar surface area (TPSA) is 70.6 Å². The van der Waals surface area contributed by atoms with Crippen LogP contribution in [0.25, 0.3) is 0 Å². The van der Waals surface area contributed by atoms with E-state index in [1.807, 2.05) is 31.2 Å². The van der Waals surface area contributed by atoms with Crippen LogP contribution < -0.4 is 15.0 Å². The summed E-state index contributed by atoms with van der Waals surface area (Å²) < 4.78 is 45.3. The Morgan fingerprint density at radius 2 is 1.83 bits per heavy atom. The lowest BCUT2D eigenvalue weighted by atomic mass is 9.99. The third-order valence-electron chi connectivity index (χ3n) is 7.84. The molecule has 3 heterocycles. The van der Waals surface area contributed by atoms with Gasteiger partial charge in [0.05, 0.1) is 30.6 Å². The number of aromatic nitrogens is 2. The largest absolute Gasteiger partial charge is 0.497 e. The number of carbonyl (C=O) groups is 1. The number of ether oxygens (including phenoxy) is 1. The zero-order chi connectivity index (χ0) is 30.4. The van der Waals surface area contributed by atoms with E-state index in [4.69, 9.17) is 16.3 Å². The third kappa shape index (κ3) is 7.92. The van der Waals surface area contributed by atoms with Crippen molar-refractivity contribution in [3.8, 4) is 5.75 Å². The summed E-state index contributed by atoms with van der Waals surface area (Å²) in [4.78, 5) is 25.5. The van der Waals surface area contributed by atoms with Gasteiger partial charge in [0.25, 0.3) is 5.91 Å². The first-order valence-corrected chi connectivity index (χ1v) is 14.4. The summed E-state index contributed by atoms with van der Waals surface area (Å²) in [5, 5.41) is 3.39. The Kier molecular flexibility index (Phi) is 10.3. The van der Waals surface area contributed by atoms with Gasteiger partial charge in [0.1, 0.15) is 16.6 Å². The molecule has 1 unspecified atom stereocenters. The maximum absolute atomic E-state index is 13.3. The Bertz CT molecular complexity index is 1340. The summed E-state index contributed by atoms with van der Waals surface area (Å²) in [6.45, 7) is 8.24. The molecule has 3 aromatic rings. The number of amides is 1. The first-order valence-electron chi connectivity index (χ1n) is 14.1. The number of benzene rings is 1. The Morgan fingerprint density at radius 3 is 2.45 bits per heavy atom. The number of nitrogens with zero attached hydrogens (tertiary/aromatic N) is 4. The van der Waals surface area contributed by atoms with Crippen molar-refractivity contribution in [3.63, 3.8) is 0 Å². The van der Waals surface area contributed by atoms with Crippen LogP contribution in [0.5, 0.6) is 5.75 Å². The molecule has 0 aliphatic carbocycles. The molecule has 0 saturated carbocycles. The molecule has 11 heteroatoms. The monoisotopic (exact) mass is 603 g/mol. The van der Waals surface area contributed by atoms with E-state index in [-0.39, 0.29) is 24.5 Å². The third-order valence-corrected chi connectivity index (χ3v) is 8.03. The zero-order valence-corrected chi connectivity index (χ0v) is 25.1. The van der Waals surface area contributed by atoms with Crippen LogP contribution in [-0.4, -0.2) is 59.6 Å². The lowest BCUT2D eigenvalue weighted by molar-refractivity contribution is -0.141. The van der Waals surface area contributed by atoms with Crippen LogP contribution in [0.15, 0.2) is 48.5 Å². The normalized spacial score (nSPS) is 15.3. The van der Waals surface area contributed by atoms with Gasteiger partial charge >= 0.3 is 6.18 Å². The number of carbonyl (C=O) groups excluding carboxylic acids is 1. The number of pyridine rings is 2. The molecule has 1 aliphatic heterocycles. The van der Waals surface area contributed by atoms with Crippen LogP contribution >= 0.6 is 11.6 Å². The molecule has 2 aromatic heterocycles. The van der Waals surface area contributed by atoms with Crippen LogP contribution in [0.4, 0.5) is 18.9 Å². The summed E-state index contributed by atoms with van der Waals surface area (Å²) in [7, 11) is 1.60. The number of hydrogen-bond acceptors (Lipinski definition) is 6. The minimum absolute atomic E-state index is 0.126. The average molecular weight is 604 g/mol. The quantitative estimate of drug-likeness (QED) is 0.269. The fraction of sp³-hybridized carbons (Fsp3) is 0.452. The lowest BCUT2D eigenvalue weighted by Crippen LogP contribution is -2.48. The SMILES string of the molecule is COc1ccc(N(Cc2cccc(C(F)(F)F)n2)C2CCN(C(C)CCNC(=O)c3c(C)cc(Cl)nc3C)CC2)cc1.